The van der Waals surface area contributed by atoms with Gasteiger partial charge in [-0.15, -0.1) is 10.2 Å². The molecule has 1 unspecified atom stereocenters. The molecule has 4 N–H and O–H groups in total. The minimum absolute atomic E-state index is 0.174. The van der Waals surface area contributed by atoms with E-state index in [-0.39, 0.29) is 11.9 Å². The van der Waals surface area contributed by atoms with Crippen molar-refractivity contribution < 1.29 is 5.21 Å². The van der Waals surface area contributed by atoms with E-state index in [2.05, 4.69) is 20.7 Å². The van der Waals surface area contributed by atoms with Gasteiger partial charge in [-0.05, 0) is 13.3 Å². The van der Waals surface area contributed by atoms with E-state index in [1.54, 1.807) is 6.33 Å². The number of nitrogens with two attached hydrogens (primary N) is 1. The lowest BCUT2D eigenvalue weighted by Gasteiger charge is -2.15. The maximum atomic E-state index is 8.52. The summed E-state index contributed by atoms with van der Waals surface area (Å²) in [4.78, 5) is 0. The van der Waals surface area contributed by atoms with Crippen LogP contribution in [0.15, 0.2) is 11.5 Å². The zero-order chi connectivity index (χ0) is 12.7. The van der Waals surface area contributed by atoms with E-state index in [1.165, 1.54) is 0 Å². The molecule has 0 amide bonds. The summed E-state index contributed by atoms with van der Waals surface area (Å²) < 4.78 is 1.98. The lowest BCUT2D eigenvalue weighted by molar-refractivity contribution is 0.315. The van der Waals surface area contributed by atoms with E-state index in [0.717, 1.165) is 18.8 Å². The predicted molar refractivity (Wildman–Crippen MR) is 64.6 cm³/mol. The van der Waals surface area contributed by atoms with Gasteiger partial charge in [-0.2, -0.15) is 0 Å². The summed E-state index contributed by atoms with van der Waals surface area (Å²) in [5.74, 6) is 1.13. The third kappa shape index (κ3) is 4.03. The third-order valence-corrected chi connectivity index (χ3v) is 2.66. The summed E-state index contributed by atoms with van der Waals surface area (Å²) in [6.45, 7) is 5.57. The Kier molecular flexibility index (Phi) is 5.41. The van der Waals surface area contributed by atoms with Crippen molar-refractivity contribution in [1.82, 2.24) is 20.1 Å². The predicted octanol–water partition coefficient (Wildman–Crippen LogP) is 0.303. The Bertz CT molecular complexity index is 361. The molecule has 7 heteroatoms. The highest BCUT2D eigenvalue weighted by molar-refractivity contribution is 5.80. The number of amidine groups is 1. The number of aryl methyl sites for hydroxylation is 1. The van der Waals surface area contributed by atoms with Gasteiger partial charge in [0, 0.05) is 19.0 Å². The Morgan fingerprint density at radius 3 is 3.00 bits per heavy atom. The van der Waals surface area contributed by atoms with Gasteiger partial charge < -0.3 is 20.8 Å². The molecule has 1 atom stereocenters. The number of aromatic nitrogens is 3. The molecule has 0 saturated carbocycles. The molecule has 0 spiro atoms. The summed E-state index contributed by atoms with van der Waals surface area (Å²) in [5, 5.41) is 22.7. The Morgan fingerprint density at radius 2 is 2.41 bits per heavy atom. The topological polar surface area (TPSA) is 101 Å². The van der Waals surface area contributed by atoms with Crippen LogP contribution in [-0.4, -0.2) is 31.8 Å². The molecule has 1 aromatic heterocycles. The van der Waals surface area contributed by atoms with Crippen molar-refractivity contribution in [2.75, 3.05) is 0 Å². The second-order valence-electron chi connectivity index (χ2n) is 3.81. The van der Waals surface area contributed by atoms with Crippen LogP contribution in [0.25, 0.3) is 0 Å². The van der Waals surface area contributed by atoms with Gasteiger partial charge >= 0.3 is 0 Å². The van der Waals surface area contributed by atoms with E-state index in [1.807, 2.05) is 18.4 Å². The van der Waals surface area contributed by atoms with E-state index in [0.29, 0.717) is 13.0 Å². The first-order chi connectivity index (χ1) is 8.21. The summed E-state index contributed by atoms with van der Waals surface area (Å²) in [7, 11) is 0. The van der Waals surface area contributed by atoms with Gasteiger partial charge in [0.15, 0.2) is 0 Å². The molecule has 0 bridgehead atoms. The van der Waals surface area contributed by atoms with Gasteiger partial charge in [0.25, 0.3) is 0 Å². The number of rotatable bonds is 7. The third-order valence-electron chi connectivity index (χ3n) is 2.66. The Labute approximate surface area is 101 Å². The maximum absolute atomic E-state index is 8.52. The van der Waals surface area contributed by atoms with Crippen molar-refractivity contribution >= 4 is 5.84 Å². The SMILES string of the molecule is CCC(CC(N)=NO)NCc1nncn1CC. The lowest BCUT2D eigenvalue weighted by Crippen LogP contribution is -2.33. The highest BCUT2D eigenvalue weighted by Crippen LogP contribution is 2.01. The molecule has 0 aliphatic carbocycles. The quantitative estimate of drug-likeness (QED) is 0.275. The van der Waals surface area contributed by atoms with Crippen molar-refractivity contribution in [2.45, 2.75) is 45.8 Å². The van der Waals surface area contributed by atoms with Crippen molar-refractivity contribution in [2.24, 2.45) is 10.9 Å². The molecule has 1 heterocycles. The van der Waals surface area contributed by atoms with Gasteiger partial charge in [0.05, 0.1) is 6.54 Å². The molecule has 0 saturated heterocycles. The first-order valence-electron chi connectivity index (χ1n) is 5.77. The number of hydrogen-bond donors (Lipinski definition) is 3. The molecular weight excluding hydrogens is 220 g/mol. The van der Waals surface area contributed by atoms with Crippen LogP contribution in [0.2, 0.25) is 0 Å². The molecule has 1 rings (SSSR count). The van der Waals surface area contributed by atoms with Gasteiger partial charge in [-0.1, -0.05) is 12.1 Å². The number of oxime groups is 1. The zero-order valence-corrected chi connectivity index (χ0v) is 10.3. The molecule has 0 aliphatic heterocycles. The van der Waals surface area contributed by atoms with E-state index in [4.69, 9.17) is 10.9 Å². The van der Waals surface area contributed by atoms with Crippen LogP contribution in [-0.2, 0) is 13.1 Å². The normalized spacial score (nSPS) is 13.9. The largest absolute Gasteiger partial charge is 0.409 e. The van der Waals surface area contributed by atoms with Crippen LogP contribution in [0.3, 0.4) is 0 Å². The Morgan fingerprint density at radius 1 is 1.65 bits per heavy atom. The van der Waals surface area contributed by atoms with Gasteiger partial charge in [0.1, 0.15) is 18.0 Å². The van der Waals surface area contributed by atoms with Crippen LogP contribution in [0.4, 0.5) is 0 Å². The van der Waals surface area contributed by atoms with Crippen LogP contribution < -0.4 is 11.1 Å². The smallest absolute Gasteiger partial charge is 0.146 e. The van der Waals surface area contributed by atoms with E-state index in [9.17, 15) is 0 Å². The fourth-order valence-electron chi connectivity index (χ4n) is 1.57. The second-order valence-corrected chi connectivity index (χ2v) is 3.81. The standard InChI is InChI=1S/C10H20N6O/c1-3-8(5-9(11)15-17)12-6-10-14-13-7-16(10)4-2/h7-8,12,17H,3-6H2,1-2H3,(H2,11,15). The second kappa shape index (κ2) is 6.85. The van der Waals surface area contributed by atoms with Crippen molar-refractivity contribution in [3.8, 4) is 0 Å². The summed E-state index contributed by atoms with van der Waals surface area (Å²) in [5.41, 5.74) is 5.48. The minimum atomic E-state index is 0.174. The van der Waals surface area contributed by atoms with Crippen LogP contribution >= 0.6 is 0 Å². The molecule has 7 nitrogen and oxygen atoms in total. The highest BCUT2D eigenvalue weighted by Gasteiger charge is 2.10. The van der Waals surface area contributed by atoms with Crippen molar-refractivity contribution in [1.29, 1.82) is 0 Å². The Hall–Kier alpha value is -1.63. The average Bonchev–Trinajstić information content (AvgIpc) is 2.81. The molecule has 0 aromatic carbocycles. The van der Waals surface area contributed by atoms with Crippen molar-refractivity contribution in [3.05, 3.63) is 12.2 Å². The first-order valence-corrected chi connectivity index (χ1v) is 5.77. The first kappa shape index (κ1) is 13.4. The maximum Gasteiger partial charge on any atom is 0.146 e. The number of nitrogens with zero attached hydrogens (tertiary/aromatic N) is 4. The molecular formula is C10H20N6O. The average molecular weight is 240 g/mol. The Balaban J connectivity index is 2.47. The molecule has 17 heavy (non-hydrogen) atoms. The summed E-state index contributed by atoms with van der Waals surface area (Å²) >= 11 is 0. The van der Waals surface area contributed by atoms with Crippen LogP contribution in [0, 0.1) is 0 Å². The molecule has 1 aromatic rings. The molecule has 0 radical (unpaired) electrons. The van der Waals surface area contributed by atoms with Crippen LogP contribution in [0.5, 0.6) is 0 Å². The van der Waals surface area contributed by atoms with E-state index < -0.39 is 0 Å². The lowest BCUT2D eigenvalue weighted by atomic mass is 10.1. The zero-order valence-electron chi connectivity index (χ0n) is 10.3. The van der Waals surface area contributed by atoms with Gasteiger partial charge in [-0.25, -0.2) is 0 Å². The van der Waals surface area contributed by atoms with E-state index >= 15 is 0 Å². The molecule has 0 aliphatic rings. The minimum Gasteiger partial charge on any atom is -0.409 e. The van der Waals surface area contributed by atoms with Crippen molar-refractivity contribution in [3.63, 3.8) is 0 Å². The number of hydrogen-bond acceptors (Lipinski definition) is 5. The highest BCUT2D eigenvalue weighted by atomic mass is 16.4. The fourth-order valence-corrected chi connectivity index (χ4v) is 1.57. The monoisotopic (exact) mass is 240 g/mol. The summed E-state index contributed by atoms with van der Waals surface area (Å²) in [6, 6.07) is 0.174. The fraction of sp³-hybridized carbons (Fsp3) is 0.700. The van der Waals surface area contributed by atoms with Crippen LogP contribution in [0.1, 0.15) is 32.5 Å². The molecule has 0 fully saturated rings. The number of nitrogens with one attached hydrogen (secondary N) is 1. The molecule has 96 valence electrons. The summed E-state index contributed by atoms with van der Waals surface area (Å²) in [6.07, 6.45) is 3.13. The van der Waals surface area contributed by atoms with Gasteiger partial charge in [-0.3, -0.25) is 0 Å². The van der Waals surface area contributed by atoms with Gasteiger partial charge in [0.2, 0.25) is 0 Å².